The highest BCUT2D eigenvalue weighted by Gasteiger charge is 2.44. The van der Waals surface area contributed by atoms with Crippen molar-refractivity contribution in [2.75, 3.05) is 11.9 Å². The summed E-state index contributed by atoms with van der Waals surface area (Å²) in [6.07, 6.45) is 5.71. The molecule has 1 N–H and O–H groups in total. The second-order valence-corrected chi connectivity index (χ2v) is 8.93. The molecule has 5 nitrogen and oxygen atoms in total. The lowest BCUT2D eigenvalue weighted by molar-refractivity contribution is 0.0707. The molecule has 2 fully saturated rings. The van der Waals surface area contributed by atoms with E-state index in [1.807, 2.05) is 11.9 Å². The Morgan fingerprint density at radius 3 is 2.59 bits per heavy atom. The van der Waals surface area contributed by atoms with Gasteiger partial charge in [0.2, 0.25) is 0 Å². The molecule has 4 atom stereocenters. The third kappa shape index (κ3) is 3.72. The zero-order valence-electron chi connectivity index (χ0n) is 17.7. The van der Waals surface area contributed by atoms with Crippen LogP contribution in [-0.4, -0.2) is 39.1 Å². The number of halogens is 3. The molecule has 2 heterocycles. The van der Waals surface area contributed by atoms with Gasteiger partial charge in [-0.05, 0) is 79.0 Å². The lowest BCUT2D eigenvalue weighted by Crippen LogP contribution is -2.46. The number of aromatic hydroxyl groups is 1. The van der Waals surface area contributed by atoms with Crippen molar-refractivity contribution in [1.82, 2.24) is 14.8 Å². The number of benzene rings is 1. The SMILES string of the molecule is CN(c1ccc(-c2ccc(-c3ccn(C(F)F)c3)cc2O)nn1)[C@H]1C[C@@H]2CC[C@@H](C2)[C@H]1F. The van der Waals surface area contributed by atoms with Gasteiger partial charge in [0.25, 0.3) is 0 Å². The first kappa shape index (κ1) is 20.8. The molecule has 32 heavy (non-hydrogen) atoms. The van der Waals surface area contributed by atoms with Crippen molar-refractivity contribution in [2.24, 2.45) is 11.8 Å². The third-order valence-corrected chi connectivity index (χ3v) is 7.03. The van der Waals surface area contributed by atoms with Crippen molar-refractivity contribution in [1.29, 1.82) is 0 Å². The summed E-state index contributed by atoms with van der Waals surface area (Å²) in [6, 6.07) is 9.89. The fourth-order valence-electron chi connectivity index (χ4n) is 5.23. The summed E-state index contributed by atoms with van der Waals surface area (Å²) >= 11 is 0. The summed E-state index contributed by atoms with van der Waals surface area (Å²) in [5.41, 5.74) is 2.17. The van der Waals surface area contributed by atoms with E-state index in [0.717, 1.165) is 30.3 Å². The number of phenols is 1. The average Bonchev–Trinajstić information content (AvgIpc) is 3.44. The van der Waals surface area contributed by atoms with E-state index in [-0.39, 0.29) is 17.7 Å². The molecule has 2 bridgehead atoms. The Hall–Kier alpha value is -3.03. The van der Waals surface area contributed by atoms with Crippen molar-refractivity contribution in [3.63, 3.8) is 0 Å². The maximum Gasteiger partial charge on any atom is 0.318 e. The molecule has 5 rings (SSSR count). The molecule has 2 aliphatic rings. The Labute approximate surface area is 184 Å². The van der Waals surface area contributed by atoms with Crippen LogP contribution in [0, 0.1) is 11.8 Å². The van der Waals surface area contributed by atoms with E-state index in [4.69, 9.17) is 0 Å². The Balaban J connectivity index is 1.34. The number of hydrogen-bond donors (Lipinski definition) is 1. The fraction of sp³-hybridized carbons (Fsp3) is 0.417. The van der Waals surface area contributed by atoms with Gasteiger partial charge < -0.3 is 10.0 Å². The second kappa shape index (κ2) is 8.15. The van der Waals surface area contributed by atoms with Crippen LogP contribution in [0.5, 0.6) is 5.75 Å². The Bertz CT molecular complexity index is 1100. The quantitative estimate of drug-likeness (QED) is 0.553. The predicted molar refractivity (Wildman–Crippen MR) is 116 cm³/mol. The van der Waals surface area contributed by atoms with E-state index in [2.05, 4.69) is 10.2 Å². The molecular weight excluding hydrogens is 417 g/mol. The first-order valence-corrected chi connectivity index (χ1v) is 10.9. The summed E-state index contributed by atoms with van der Waals surface area (Å²) in [5.74, 6) is 1.34. The molecule has 0 saturated heterocycles. The van der Waals surface area contributed by atoms with Crippen LogP contribution in [0.4, 0.5) is 19.0 Å². The number of rotatable bonds is 5. The zero-order chi connectivity index (χ0) is 22.4. The highest BCUT2D eigenvalue weighted by molar-refractivity contribution is 5.74. The Kier molecular flexibility index (Phi) is 5.31. The molecule has 1 aromatic carbocycles. The van der Waals surface area contributed by atoms with Crippen LogP contribution in [0.1, 0.15) is 32.2 Å². The smallest absolute Gasteiger partial charge is 0.318 e. The third-order valence-electron chi connectivity index (χ3n) is 7.03. The molecule has 0 unspecified atom stereocenters. The molecule has 2 saturated carbocycles. The molecule has 0 radical (unpaired) electrons. The van der Waals surface area contributed by atoms with Gasteiger partial charge in [0.15, 0.2) is 5.82 Å². The molecule has 0 amide bonds. The molecule has 168 valence electrons. The number of nitrogens with zero attached hydrogens (tertiary/aromatic N) is 4. The van der Waals surface area contributed by atoms with Gasteiger partial charge in [0, 0.05) is 25.0 Å². The molecule has 2 aliphatic carbocycles. The molecule has 0 aliphatic heterocycles. The van der Waals surface area contributed by atoms with Crippen molar-refractivity contribution in [2.45, 2.75) is 44.4 Å². The van der Waals surface area contributed by atoms with Gasteiger partial charge in [0.05, 0.1) is 11.7 Å². The number of phenolic OH excluding ortho intramolecular Hbond substituents is 1. The fourth-order valence-corrected chi connectivity index (χ4v) is 5.23. The zero-order valence-corrected chi connectivity index (χ0v) is 17.7. The number of hydrogen-bond acceptors (Lipinski definition) is 4. The van der Waals surface area contributed by atoms with Crippen LogP contribution in [0.2, 0.25) is 0 Å². The first-order chi connectivity index (χ1) is 15.4. The molecule has 8 heteroatoms. The summed E-state index contributed by atoms with van der Waals surface area (Å²) in [4.78, 5) is 1.89. The van der Waals surface area contributed by atoms with Crippen LogP contribution in [0.3, 0.4) is 0 Å². The standard InChI is InChI=1S/C24H25F3N4O/c1-30(20-11-14-2-3-16(10-14)23(20)25)22-7-6-19(28-29-22)18-5-4-15(12-21(18)32)17-8-9-31(13-17)24(26)27/h4-9,12-14,16,20,23-24,32H,2-3,10-11H2,1H3/t14-,16+,20+,23-/m1/s1. The van der Waals surface area contributed by atoms with E-state index in [1.165, 1.54) is 18.5 Å². The van der Waals surface area contributed by atoms with E-state index < -0.39 is 12.7 Å². The normalized spacial score (nSPS) is 24.8. The average molecular weight is 442 g/mol. The van der Waals surface area contributed by atoms with Crippen LogP contribution >= 0.6 is 0 Å². The van der Waals surface area contributed by atoms with Gasteiger partial charge >= 0.3 is 6.55 Å². The lowest BCUT2D eigenvalue weighted by Gasteiger charge is -2.38. The van der Waals surface area contributed by atoms with Gasteiger partial charge in [-0.2, -0.15) is 8.78 Å². The Morgan fingerprint density at radius 1 is 1.06 bits per heavy atom. The lowest BCUT2D eigenvalue weighted by atomic mass is 9.83. The molecule has 3 aromatic rings. The maximum absolute atomic E-state index is 14.9. The summed E-state index contributed by atoms with van der Waals surface area (Å²) in [6.45, 7) is -2.61. The number of fused-ring (bicyclic) bond motifs is 2. The monoisotopic (exact) mass is 442 g/mol. The second-order valence-electron chi connectivity index (χ2n) is 8.93. The highest BCUT2D eigenvalue weighted by Crippen LogP contribution is 2.45. The van der Waals surface area contributed by atoms with Crippen molar-refractivity contribution >= 4 is 5.82 Å². The van der Waals surface area contributed by atoms with Crippen LogP contribution in [-0.2, 0) is 0 Å². The van der Waals surface area contributed by atoms with Crippen LogP contribution < -0.4 is 4.90 Å². The first-order valence-electron chi connectivity index (χ1n) is 10.9. The van der Waals surface area contributed by atoms with Crippen molar-refractivity contribution in [3.8, 4) is 28.1 Å². The summed E-state index contributed by atoms with van der Waals surface area (Å²) < 4.78 is 41.3. The van der Waals surface area contributed by atoms with Gasteiger partial charge in [-0.3, -0.25) is 4.57 Å². The molecular formula is C24H25F3N4O. The minimum absolute atomic E-state index is 0.0182. The number of aromatic nitrogens is 3. The van der Waals surface area contributed by atoms with E-state index in [0.29, 0.717) is 34.1 Å². The summed E-state index contributed by atoms with van der Waals surface area (Å²) in [7, 11) is 1.86. The van der Waals surface area contributed by atoms with Crippen LogP contribution in [0.25, 0.3) is 22.4 Å². The predicted octanol–water partition coefficient (Wildman–Crippen LogP) is 5.68. The summed E-state index contributed by atoms with van der Waals surface area (Å²) in [5, 5.41) is 19.1. The topological polar surface area (TPSA) is 54.2 Å². The van der Waals surface area contributed by atoms with Gasteiger partial charge in [-0.1, -0.05) is 6.07 Å². The van der Waals surface area contributed by atoms with Gasteiger partial charge in [-0.15, -0.1) is 10.2 Å². The minimum atomic E-state index is -2.61. The Morgan fingerprint density at radius 2 is 1.91 bits per heavy atom. The number of anilines is 1. The number of alkyl halides is 3. The molecule has 2 aromatic heterocycles. The van der Waals surface area contributed by atoms with E-state index in [9.17, 15) is 18.3 Å². The van der Waals surface area contributed by atoms with Crippen LogP contribution in [0.15, 0.2) is 48.8 Å². The van der Waals surface area contributed by atoms with E-state index >= 15 is 0 Å². The van der Waals surface area contributed by atoms with Crippen molar-refractivity contribution < 1.29 is 18.3 Å². The van der Waals surface area contributed by atoms with Gasteiger partial charge in [0.1, 0.15) is 11.9 Å². The van der Waals surface area contributed by atoms with Crippen molar-refractivity contribution in [3.05, 3.63) is 48.8 Å². The highest BCUT2D eigenvalue weighted by atomic mass is 19.3. The minimum Gasteiger partial charge on any atom is -0.507 e. The van der Waals surface area contributed by atoms with Gasteiger partial charge in [-0.25, -0.2) is 4.39 Å². The molecule has 0 spiro atoms. The maximum atomic E-state index is 14.9. The van der Waals surface area contributed by atoms with E-state index in [1.54, 1.807) is 30.3 Å². The largest absolute Gasteiger partial charge is 0.507 e.